The van der Waals surface area contributed by atoms with Gasteiger partial charge < -0.3 is 5.73 Å². The van der Waals surface area contributed by atoms with Crippen LogP contribution in [0.3, 0.4) is 0 Å². The Morgan fingerprint density at radius 2 is 2.29 bits per heavy atom. The van der Waals surface area contributed by atoms with Crippen molar-refractivity contribution in [2.45, 2.75) is 32.9 Å². The average molecular weight is 297 g/mol. The average Bonchev–Trinajstić information content (AvgIpc) is 2.72. The van der Waals surface area contributed by atoms with E-state index in [0.717, 1.165) is 13.1 Å². The number of rotatable bonds is 3. The van der Waals surface area contributed by atoms with Crippen LogP contribution in [0.4, 0.5) is 0 Å². The number of nitrogens with zero attached hydrogens (tertiary/aromatic N) is 1. The van der Waals surface area contributed by atoms with Crippen molar-refractivity contribution in [3.8, 4) is 0 Å². The Morgan fingerprint density at radius 1 is 1.53 bits per heavy atom. The van der Waals surface area contributed by atoms with Gasteiger partial charge in [0.2, 0.25) is 0 Å². The summed E-state index contributed by atoms with van der Waals surface area (Å²) in [4.78, 5) is 2.51. The lowest BCUT2D eigenvalue weighted by Gasteiger charge is -2.18. The molecule has 2 unspecified atom stereocenters. The Kier molecular flexibility index (Phi) is 4.23. The highest BCUT2D eigenvalue weighted by Crippen LogP contribution is 2.23. The molecule has 0 bridgehead atoms. The van der Waals surface area contributed by atoms with Crippen molar-refractivity contribution < 1.29 is 0 Å². The van der Waals surface area contributed by atoms with Gasteiger partial charge in [0.1, 0.15) is 0 Å². The summed E-state index contributed by atoms with van der Waals surface area (Å²) in [6.45, 7) is 7.61. The van der Waals surface area contributed by atoms with E-state index in [1.807, 2.05) is 0 Å². The minimum Gasteiger partial charge on any atom is -0.328 e. The van der Waals surface area contributed by atoms with E-state index >= 15 is 0 Å². The van der Waals surface area contributed by atoms with Crippen LogP contribution < -0.4 is 5.73 Å². The summed E-state index contributed by atoms with van der Waals surface area (Å²) < 4.78 is 1.21. The normalized spacial score (nSPS) is 22.9. The maximum atomic E-state index is 5.96. The van der Waals surface area contributed by atoms with E-state index < -0.39 is 0 Å². The molecular weight excluding hydrogens is 276 g/mol. The van der Waals surface area contributed by atoms with Gasteiger partial charge in [0, 0.05) is 23.6 Å². The highest BCUT2D eigenvalue weighted by Gasteiger charge is 2.24. The van der Waals surface area contributed by atoms with E-state index in [-0.39, 0.29) is 0 Å². The number of hydrogen-bond acceptors (Lipinski definition) is 2. The summed E-state index contributed by atoms with van der Waals surface area (Å²) in [5, 5.41) is 0. The van der Waals surface area contributed by atoms with Crippen molar-refractivity contribution in [2.75, 3.05) is 13.1 Å². The summed E-state index contributed by atoms with van der Waals surface area (Å²) >= 11 is 3.59. The van der Waals surface area contributed by atoms with Gasteiger partial charge in [-0.2, -0.15) is 0 Å². The van der Waals surface area contributed by atoms with Crippen LogP contribution in [0.2, 0.25) is 0 Å². The second-order valence-electron chi connectivity index (χ2n) is 5.23. The van der Waals surface area contributed by atoms with Crippen LogP contribution in [0, 0.1) is 12.8 Å². The van der Waals surface area contributed by atoms with Gasteiger partial charge in [-0.15, -0.1) is 0 Å². The van der Waals surface area contributed by atoms with Gasteiger partial charge in [-0.1, -0.05) is 28.1 Å². The first-order valence-electron chi connectivity index (χ1n) is 6.29. The molecule has 1 saturated heterocycles. The minimum atomic E-state index is 0.324. The van der Waals surface area contributed by atoms with Crippen LogP contribution in [0.5, 0.6) is 0 Å². The standard InChI is InChI=1S/C14H21BrN2/c1-10-3-4-12(7-14(10)15)8-17-6-5-13(9-17)11(2)16/h3-4,7,11,13H,5-6,8-9,16H2,1-2H3. The van der Waals surface area contributed by atoms with E-state index in [2.05, 4.69) is 52.9 Å². The summed E-state index contributed by atoms with van der Waals surface area (Å²) in [5.74, 6) is 0.670. The second kappa shape index (κ2) is 5.51. The minimum absolute atomic E-state index is 0.324. The highest BCUT2D eigenvalue weighted by molar-refractivity contribution is 9.10. The van der Waals surface area contributed by atoms with Crippen LogP contribution in [0.1, 0.15) is 24.5 Å². The van der Waals surface area contributed by atoms with Crippen LogP contribution in [-0.2, 0) is 6.54 Å². The molecule has 0 aromatic heterocycles. The number of nitrogens with two attached hydrogens (primary N) is 1. The summed E-state index contributed by atoms with van der Waals surface area (Å²) in [6.07, 6.45) is 1.24. The Labute approximate surface area is 112 Å². The molecule has 2 rings (SSSR count). The number of hydrogen-bond donors (Lipinski definition) is 1. The first-order valence-corrected chi connectivity index (χ1v) is 7.08. The molecule has 2 N–H and O–H groups in total. The Balaban J connectivity index is 1.96. The molecule has 1 aliphatic rings. The first kappa shape index (κ1) is 13.1. The number of likely N-dealkylation sites (tertiary alicyclic amines) is 1. The zero-order valence-corrected chi connectivity index (χ0v) is 12.2. The molecule has 0 aliphatic carbocycles. The molecule has 1 aromatic rings. The predicted molar refractivity (Wildman–Crippen MR) is 75.9 cm³/mol. The van der Waals surface area contributed by atoms with E-state index in [9.17, 15) is 0 Å². The number of aryl methyl sites for hydroxylation is 1. The van der Waals surface area contributed by atoms with Crippen molar-refractivity contribution in [1.82, 2.24) is 4.90 Å². The fourth-order valence-electron chi connectivity index (χ4n) is 2.43. The van der Waals surface area contributed by atoms with Crippen LogP contribution in [0.15, 0.2) is 22.7 Å². The monoisotopic (exact) mass is 296 g/mol. The molecule has 1 heterocycles. The largest absolute Gasteiger partial charge is 0.328 e. The zero-order chi connectivity index (χ0) is 12.4. The Morgan fingerprint density at radius 3 is 2.88 bits per heavy atom. The molecule has 94 valence electrons. The lowest BCUT2D eigenvalue weighted by atomic mass is 10.0. The van der Waals surface area contributed by atoms with E-state index in [1.54, 1.807) is 0 Å². The lowest BCUT2D eigenvalue weighted by Crippen LogP contribution is -2.29. The molecule has 0 radical (unpaired) electrons. The van der Waals surface area contributed by atoms with Crippen LogP contribution in [-0.4, -0.2) is 24.0 Å². The van der Waals surface area contributed by atoms with E-state index in [0.29, 0.717) is 12.0 Å². The third-order valence-corrected chi connectivity index (χ3v) is 4.55. The molecule has 1 aliphatic heterocycles. The van der Waals surface area contributed by atoms with Gasteiger partial charge in [0.05, 0.1) is 0 Å². The van der Waals surface area contributed by atoms with Gasteiger partial charge in [-0.05, 0) is 49.9 Å². The quantitative estimate of drug-likeness (QED) is 0.929. The summed E-state index contributed by atoms with van der Waals surface area (Å²) in [5.41, 5.74) is 8.64. The molecule has 0 amide bonds. The molecule has 2 nitrogen and oxygen atoms in total. The Hall–Kier alpha value is -0.380. The fourth-order valence-corrected chi connectivity index (χ4v) is 2.85. The highest BCUT2D eigenvalue weighted by atomic mass is 79.9. The summed E-state index contributed by atoms with van der Waals surface area (Å²) in [7, 11) is 0. The van der Waals surface area contributed by atoms with Gasteiger partial charge in [-0.3, -0.25) is 4.90 Å². The fraction of sp³-hybridized carbons (Fsp3) is 0.571. The number of halogens is 1. The SMILES string of the molecule is Cc1ccc(CN2CCC(C(C)N)C2)cc1Br. The molecule has 2 atom stereocenters. The molecule has 17 heavy (non-hydrogen) atoms. The van der Waals surface area contributed by atoms with Crippen molar-refractivity contribution >= 4 is 15.9 Å². The lowest BCUT2D eigenvalue weighted by molar-refractivity contribution is 0.308. The van der Waals surface area contributed by atoms with Crippen LogP contribution >= 0.6 is 15.9 Å². The van der Waals surface area contributed by atoms with Crippen molar-refractivity contribution in [3.05, 3.63) is 33.8 Å². The molecular formula is C14H21BrN2. The molecule has 0 spiro atoms. The summed E-state index contributed by atoms with van der Waals surface area (Å²) in [6, 6.07) is 6.96. The molecule has 1 fully saturated rings. The number of benzene rings is 1. The Bertz CT molecular complexity index is 390. The van der Waals surface area contributed by atoms with Gasteiger partial charge in [-0.25, -0.2) is 0 Å². The maximum Gasteiger partial charge on any atom is 0.0234 e. The zero-order valence-electron chi connectivity index (χ0n) is 10.6. The topological polar surface area (TPSA) is 29.3 Å². The maximum absolute atomic E-state index is 5.96. The van der Waals surface area contributed by atoms with Crippen molar-refractivity contribution in [3.63, 3.8) is 0 Å². The second-order valence-corrected chi connectivity index (χ2v) is 6.08. The van der Waals surface area contributed by atoms with E-state index in [4.69, 9.17) is 5.73 Å². The van der Waals surface area contributed by atoms with Gasteiger partial charge in [0.25, 0.3) is 0 Å². The van der Waals surface area contributed by atoms with Crippen molar-refractivity contribution in [2.24, 2.45) is 11.7 Å². The third-order valence-electron chi connectivity index (χ3n) is 3.69. The smallest absolute Gasteiger partial charge is 0.0234 e. The van der Waals surface area contributed by atoms with Crippen molar-refractivity contribution in [1.29, 1.82) is 0 Å². The predicted octanol–water partition coefficient (Wildman–Crippen LogP) is 2.93. The molecule has 0 saturated carbocycles. The first-order chi connectivity index (χ1) is 8.06. The van der Waals surface area contributed by atoms with E-state index in [1.165, 1.54) is 28.6 Å². The van der Waals surface area contributed by atoms with Gasteiger partial charge in [0.15, 0.2) is 0 Å². The van der Waals surface area contributed by atoms with Gasteiger partial charge >= 0.3 is 0 Å². The molecule has 1 aromatic carbocycles. The van der Waals surface area contributed by atoms with Crippen LogP contribution in [0.25, 0.3) is 0 Å². The molecule has 3 heteroatoms. The third kappa shape index (κ3) is 3.30.